The highest BCUT2D eigenvalue weighted by Crippen LogP contribution is 2.44. The van der Waals surface area contributed by atoms with Crippen LogP contribution in [0.4, 0.5) is 4.39 Å². The molecule has 0 radical (unpaired) electrons. The Labute approximate surface area is 209 Å². The summed E-state index contributed by atoms with van der Waals surface area (Å²) in [4.78, 5) is 18.5. The van der Waals surface area contributed by atoms with Crippen molar-refractivity contribution in [2.24, 2.45) is 11.3 Å². The molecule has 0 spiro atoms. The Kier molecular flexibility index (Phi) is 7.54. The highest BCUT2D eigenvalue weighted by molar-refractivity contribution is 7.99. The van der Waals surface area contributed by atoms with E-state index in [1.54, 1.807) is 23.1 Å². The maximum Gasteiger partial charge on any atom is 0.162 e. The predicted octanol–water partition coefficient (Wildman–Crippen LogP) is 7.73. The molecule has 0 unspecified atom stereocenters. The number of carbonyl (C=O) groups is 1. The molecule has 3 nitrogen and oxygen atoms in total. The van der Waals surface area contributed by atoms with E-state index in [2.05, 4.69) is 38.3 Å². The molecule has 6 heteroatoms. The number of thioether (sulfide) groups is 1. The van der Waals surface area contributed by atoms with Gasteiger partial charge in [0.25, 0.3) is 0 Å². The highest BCUT2D eigenvalue weighted by atomic mass is 32.2. The molecule has 0 N–H and O–H groups in total. The molecule has 1 aromatic carbocycles. The van der Waals surface area contributed by atoms with Crippen molar-refractivity contribution < 1.29 is 9.18 Å². The number of aromatic nitrogens is 1. The van der Waals surface area contributed by atoms with Crippen LogP contribution in [-0.2, 0) is 12.8 Å². The first kappa shape index (κ1) is 24.6. The lowest BCUT2D eigenvalue weighted by Gasteiger charge is -2.35. The number of nitrogens with zero attached hydrogens (tertiary/aromatic N) is 2. The van der Waals surface area contributed by atoms with Crippen LogP contribution in [0.5, 0.6) is 0 Å². The number of rotatable bonds is 7. The van der Waals surface area contributed by atoms with Crippen LogP contribution in [0.15, 0.2) is 46.8 Å². The first-order valence-electron chi connectivity index (χ1n) is 11.7. The first-order chi connectivity index (χ1) is 16.3. The molecule has 1 aliphatic carbocycles. The lowest BCUT2D eigenvalue weighted by Crippen LogP contribution is -2.28. The van der Waals surface area contributed by atoms with Crippen LogP contribution in [0.3, 0.4) is 0 Å². The van der Waals surface area contributed by atoms with Crippen molar-refractivity contribution >= 4 is 28.9 Å². The van der Waals surface area contributed by atoms with Crippen LogP contribution < -0.4 is 0 Å². The minimum absolute atomic E-state index is 0.00648. The van der Waals surface area contributed by atoms with Crippen molar-refractivity contribution in [3.05, 3.63) is 70.0 Å². The number of thiophene rings is 1. The van der Waals surface area contributed by atoms with Crippen molar-refractivity contribution in [2.75, 3.05) is 5.75 Å². The summed E-state index contributed by atoms with van der Waals surface area (Å²) in [7, 11) is 0. The van der Waals surface area contributed by atoms with E-state index in [1.165, 1.54) is 29.8 Å². The quantitative estimate of drug-likeness (QED) is 0.192. The van der Waals surface area contributed by atoms with Gasteiger partial charge in [0, 0.05) is 28.1 Å². The number of carbonyl (C=O) groups excluding carboxylic acids is 1. The summed E-state index contributed by atoms with van der Waals surface area (Å²) in [5, 5.41) is 13.0. The van der Waals surface area contributed by atoms with Gasteiger partial charge < -0.3 is 0 Å². The number of ketones is 1. The monoisotopic (exact) mass is 492 g/mol. The van der Waals surface area contributed by atoms with Gasteiger partial charge in [0.1, 0.15) is 16.9 Å². The number of nitriles is 1. The summed E-state index contributed by atoms with van der Waals surface area (Å²) in [6.45, 7) is 6.89. The lowest BCUT2D eigenvalue weighted by molar-refractivity contribution is 0.0982. The summed E-state index contributed by atoms with van der Waals surface area (Å²) in [5.74, 6) is 0.919. The summed E-state index contributed by atoms with van der Waals surface area (Å²) in [6.07, 6.45) is 4.04. The number of Topliss-reactive ketones (excluding diaryl/α,β-unsaturated/α-hetero) is 1. The van der Waals surface area contributed by atoms with Gasteiger partial charge >= 0.3 is 0 Å². The zero-order chi connectivity index (χ0) is 24.3. The molecule has 176 valence electrons. The summed E-state index contributed by atoms with van der Waals surface area (Å²) in [6, 6.07) is 12.3. The first-order valence-corrected chi connectivity index (χ1v) is 13.6. The molecule has 0 saturated carbocycles. The number of aryl methyl sites for hydroxylation is 1. The van der Waals surface area contributed by atoms with Crippen molar-refractivity contribution in [2.45, 2.75) is 57.9 Å². The predicted molar refractivity (Wildman–Crippen MR) is 138 cm³/mol. The van der Waals surface area contributed by atoms with Gasteiger partial charge in [-0.3, -0.25) is 4.79 Å². The summed E-state index contributed by atoms with van der Waals surface area (Å²) in [5.41, 5.74) is 4.81. The average Bonchev–Trinajstić information content (AvgIpc) is 3.34. The Hall–Kier alpha value is -2.49. The third-order valence-corrected chi connectivity index (χ3v) is 8.54. The Morgan fingerprint density at radius 3 is 2.68 bits per heavy atom. The van der Waals surface area contributed by atoms with Gasteiger partial charge in [0.2, 0.25) is 0 Å². The SMILES string of the molecule is CC(C)(C)[C@@H]1CCc2nc(SCCCC(=O)c3ccc(F)cc3)c(C#N)c(-c3cccs3)c2C1. The Morgan fingerprint density at radius 1 is 1.26 bits per heavy atom. The highest BCUT2D eigenvalue weighted by Gasteiger charge is 2.33. The maximum absolute atomic E-state index is 13.1. The van der Waals surface area contributed by atoms with Crippen LogP contribution in [0.25, 0.3) is 10.4 Å². The van der Waals surface area contributed by atoms with Gasteiger partial charge in [0.15, 0.2) is 5.78 Å². The second-order valence-electron chi connectivity index (χ2n) is 9.87. The third kappa shape index (κ3) is 5.42. The molecule has 0 saturated heterocycles. The molecule has 2 aromatic heterocycles. The number of hydrogen-bond acceptors (Lipinski definition) is 5. The third-order valence-electron chi connectivity index (χ3n) is 6.59. The number of fused-ring (bicyclic) bond motifs is 1. The molecule has 1 aliphatic rings. The largest absolute Gasteiger partial charge is 0.294 e. The van der Waals surface area contributed by atoms with E-state index < -0.39 is 0 Å². The maximum atomic E-state index is 13.1. The Morgan fingerprint density at radius 2 is 2.03 bits per heavy atom. The molecule has 0 amide bonds. The lowest BCUT2D eigenvalue weighted by atomic mass is 9.70. The van der Waals surface area contributed by atoms with Crippen molar-refractivity contribution in [3.8, 4) is 16.5 Å². The summed E-state index contributed by atoms with van der Waals surface area (Å²) >= 11 is 3.23. The average molecular weight is 493 g/mol. The van der Waals surface area contributed by atoms with E-state index in [9.17, 15) is 14.4 Å². The molecule has 1 atom stereocenters. The fraction of sp³-hybridized carbons (Fsp3) is 0.393. The Bertz CT molecular complexity index is 1210. The molecule has 0 bridgehead atoms. The van der Waals surface area contributed by atoms with E-state index in [0.29, 0.717) is 35.6 Å². The fourth-order valence-corrected chi connectivity index (χ4v) is 6.31. The minimum Gasteiger partial charge on any atom is -0.294 e. The molecule has 34 heavy (non-hydrogen) atoms. The van der Waals surface area contributed by atoms with E-state index in [1.807, 2.05) is 6.07 Å². The molecule has 3 aromatic rings. The van der Waals surface area contributed by atoms with Gasteiger partial charge in [-0.1, -0.05) is 26.8 Å². The molecule has 0 aliphatic heterocycles. The molecule has 4 rings (SSSR count). The van der Waals surface area contributed by atoms with Crippen LogP contribution in [0.2, 0.25) is 0 Å². The zero-order valence-corrected chi connectivity index (χ0v) is 21.5. The summed E-state index contributed by atoms with van der Waals surface area (Å²) < 4.78 is 13.1. The van der Waals surface area contributed by atoms with Gasteiger partial charge in [-0.05, 0) is 84.0 Å². The van der Waals surface area contributed by atoms with Crippen LogP contribution >= 0.6 is 23.1 Å². The van der Waals surface area contributed by atoms with Crippen molar-refractivity contribution in [1.82, 2.24) is 4.98 Å². The molecule has 2 heterocycles. The van der Waals surface area contributed by atoms with Crippen LogP contribution in [-0.4, -0.2) is 16.5 Å². The number of halogens is 1. The normalized spacial score (nSPS) is 15.6. The van der Waals surface area contributed by atoms with Gasteiger partial charge in [-0.15, -0.1) is 23.1 Å². The second kappa shape index (κ2) is 10.4. The fourth-order valence-electron chi connectivity index (χ4n) is 4.56. The molecular formula is C28H29FN2OS2. The van der Waals surface area contributed by atoms with Crippen LogP contribution in [0, 0.1) is 28.5 Å². The number of benzene rings is 1. The Balaban J connectivity index is 1.55. The smallest absolute Gasteiger partial charge is 0.162 e. The van der Waals surface area contributed by atoms with E-state index >= 15 is 0 Å². The van der Waals surface area contributed by atoms with Gasteiger partial charge in [-0.2, -0.15) is 5.26 Å². The number of pyridine rings is 1. The van der Waals surface area contributed by atoms with Crippen molar-refractivity contribution in [1.29, 1.82) is 5.26 Å². The zero-order valence-electron chi connectivity index (χ0n) is 19.9. The molecular weight excluding hydrogens is 463 g/mol. The van der Waals surface area contributed by atoms with E-state index in [0.717, 1.165) is 40.4 Å². The topological polar surface area (TPSA) is 53.8 Å². The van der Waals surface area contributed by atoms with Crippen molar-refractivity contribution in [3.63, 3.8) is 0 Å². The van der Waals surface area contributed by atoms with Gasteiger partial charge in [-0.25, -0.2) is 9.37 Å². The number of hydrogen-bond donors (Lipinski definition) is 0. The minimum atomic E-state index is -0.343. The van der Waals surface area contributed by atoms with E-state index in [-0.39, 0.29) is 17.0 Å². The second-order valence-corrected chi connectivity index (χ2v) is 11.9. The molecule has 0 fully saturated rings. The standard InChI is InChI=1S/C28H29FN2OS2/c1-28(2,3)19-10-13-23-21(16-19)26(25-7-5-14-33-25)22(17-30)27(31-23)34-15-4-6-24(32)18-8-11-20(29)12-9-18/h5,7-9,11-12,14,19H,4,6,10,13,15-16H2,1-3H3/t19-/m1/s1. The van der Waals surface area contributed by atoms with Crippen LogP contribution in [0.1, 0.15) is 67.2 Å². The van der Waals surface area contributed by atoms with E-state index in [4.69, 9.17) is 4.98 Å². The van der Waals surface area contributed by atoms with Gasteiger partial charge in [0.05, 0.1) is 5.56 Å².